The third-order valence-electron chi connectivity index (χ3n) is 4.48. The van der Waals surface area contributed by atoms with Crippen LogP contribution in [0.3, 0.4) is 0 Å². The Labute approximate surface area is 176 Å². The van der Waals surface area contributed by atoms with Gasteiger partial charge in [-0.15, -0.1) is 34.2 Å². The second-order valence-electron chi connectivity index (χ2n) is 6.08. The molecule has 1 aliphatic heterocycles. The standard InChI is InChI=1S/C18H26N6O2.HI/c1-19-18(21-12-17-23-22-16-5-4-10-24(16)17)20-9-8-13-6-7-14(25-2)15(11-13)26-3;/h6-7,11H,4-5,8-10,12H2,1-3H3,(H2,19,20,21);1H. The Bertz CT molecular complexity index is 777. The third-order valence-corrected chi connectivity index (χ3v) is 4.48. The maximum absolute atomic E-state index is 5.35. The average molecular weight is 486 g/mol. The second-order valence-corrected chi connectivity index (χ2v) is 6.08. The number of nitrogens with zero attached hydrogens (tertiary/aromatic N) is 4. The Kier molecular flexibility index (Phi) is 8.14. The van der Waals surface area contributed by atoms with Crippen LogP contribution in [0.4, 0.5) is 0 Å². The molecule has 8 nitrogen and oxygen atoms in total. The van der Waals surface area contributed by atoms with Crippen LogP contribution < -0.4 is 20.1 Å². The van der Waals surface area contributed by atoms with Crippen LogP contribution in [0.1, 0.15) is 23.6 Å². The number of benzene rings is 1. The fourth-order valence-corrected chi connectivity index (χ4v) is 3.09. The number of hydrogen-bond acceptors (Lipinski definition) is 5. The zero-order valence-electron chi connectivity index (χ0n) is 16.0. The van der Waals surface area contributed by atoms with E-state index in [1.807, 2.05) is 18.2 Å². The van der Waals surface area contributed by atoms with Crippen molar-refractivity contribution in [1.82, 2.24) is 25.4 Å². The van der Waals surface area contributed by atoms with Crippen molar-refractivity contribution >= 4 is 29.9 Å². The molecule has 0 amide bonds. The molecule has 148 valence electrons. The van der Waals surface area contributed by atoms with E-state index in [9.17, 15) is 0 Å². The highest BCUT2D eigenvalue weighted by molar-refractivity contribution is 14.0. The molecule has 0 radical (unpaired) electrons. The molecule has 2 heterocycles. The Morgan fingerprint density at radius 2 is 2.00 bits per heavy atom. The molecule has 0 aliphatic carbocycles. The molecule has 2 N–H and O–H groups in total. The Morgan fingerprint density at radius 3 is 2.74 bits per heavy atom. The molecular formula is C18H27IN6O2. The van der Waals surface area contributed by atoms with Crippen LogP contribution in [0.2, 0.25) is 0 Å². The molecule has 27 heavy (non-hydrogen) atoms. The van der Waals surface area contributed by atoms with Crippen LogP contribution in [0.5, 0.6) is 11.5 Å². The van der Waals surface area contributed by atoms with Crippen LogP contribution in [-0.4, -0.2) is 48.5 Å². The lowest BCUT2D eigenvalue weighted by Crippen LogP contribution is -2.38. The minimum Gasteiger partial charge on any atom is -0.493 e. The lowest BCUT2D eigenvalue weighted by Gasteiger charge is -2.13. The molecule has 1 aliphatic rings. The molecule has 3 rings (SSSR count). The predicted octanol–water partition coefficient (Wildman–Crippen LogP) is 1.77. The van der Waals surface area contributed by atoms with E-state index in [1.165, 1.54) is 5.56 Å². The van der Waals surface area contributed by atoms with Crippen molar-refractivity contribution in [1.29, 1.82) is 0 Å². The molecule has 9 heteroatoms. The van der Waals surface area contributed by atoms with Gasteiger partial charge in [0, 0.05) is 26.6 Å². The van der Waals surface area contributed by atoms with Crippen LogP contribution in [0.15, 0.2) is 23.2 Å². The van der Waals surface area contributed by atoms with Crippen molar-refractivity contribution in [2.75, 3.05) is 27.8 Å². The van der Waals surface area contributed by atoms with E-state index in [0.717, 1.165) is 61.5 Å². The van der Waals surface area contributed by atoms with E-state index in [2.05, 4.69) is 30.4 Å². The SMILES string of the molecule is CN=C(NCCc1ccc(OC)c(OC)c1)NCc1nnc2n1CCC2.I. The number of halogens is 1. The minimum atomic E-state index is 0. The number of aryl methyl sites for hydroxylation is 1. The monoisotopic (exact) mass is 486 g/mol. The van der Waals surface area contributed by atoms with Gasteiger partial charge in [-0.2, -0.15) is 0 Å². The summed E-state index contributed by atoms with van der Waals surface area (Å²) in [5, 5.41) is 15.1. The fourth-order valence-electron chi connectivity index (χ4n) is 3.09. The highest BCUT2D eigenvalue weighted by atomic mass is 127. The first-order valence-electron chi connectivity index (χ1n) is 8.81. The molecule has 0 saturated carbocycles. The molecule has 0 bridgehead atoms. The number of guanidine groups is 1. The first kappa shape index (κ1) is 21.3. The maximum Gasteiger partial charge on any atom is 0.191 e. The van der Waals surface area contributed by atoms with Gasteiger partial charge in [-0.3, -0.25) is 4.99 Å². The number of hydrogen-bond donors (Lipinski definition) is 2. The molecule has 1 aromatic carbocycles. The molecular weight excluding hydrogens is 459 g/mol. The molecule has 0 atom stereocenters. The fraction of sp³-hybridized carbons (Fsp3) is 0.500. The largest absolute Gasteiger partial charge is 0.493 e. The van der Waals surface area contributed by atoms with Crippen LogP contribution in [0.25, 0.3) is 0 Å². The quantitative estimate of drug-likeness (QED) is 0.353. The number of rotatable bonds is 7. The Hall–Kier alpha value is -2.04. The lowest BCUT2D eigenvalue weighted by atomic mass is 10.1. The Balaban J connectivity index is 0.00000261. The molecule has 0 unspecified atom stereocenters. The number of methoxy groups -OCH3 is 2. The summed E-state index contributed by atoms with van der Waals surface area (Å²) in [6.45, 7) is 2.38. The summed E-state index contributed by atoms with van der Waals surface area (Å²) in [6.07, 6.45) is 3.02. The average Bonchev–Trinajstić information content (AvgIpc) is 3.28. The van der Waals surface area contributed by atoms with Gasteiger partial charge in [0.2, 0.25) is 0 Å². The summed E-state index contributed by atoms with van der Waals surface area (Å²) in [6, 6.07) is 5.96. The van der Waals surface area contributed by atoms with Gasteiger partial charge in [-0.25, -0.2) is 0 Å². The molecule has 1 aromatic heterocycles. The van der Waals surface area contributed by atoms with E-state index in [1.54, 1.807) is 21.3 Å². The first-order chi connectivity index (χ1) is 12.7. The number of aliphatic imine (C=N–C) groups is 1. The summed E-state index contributed by atoms with van der Waals surface area (Å²) in [7, 11) is 5.05. The minimum absolute atomic E-state index is 0. The zero-order chi connectivity index (χ0) is 18.4. The molecule has 0 spiro atoms. The highest BCUT2D eigenvalue weighted by Crippen LogP contribution is 2.27. The van der Waals surface area contributed by atoms with Gasteiger partial charge in [0.15, 0.2) is 23.3 Å². The smallest absolute Gasteiger partial charge is 0.191 e. The summed E-state index contributed by atoms with van der Waals surface area (Å²) in [5.74, 6) is 4.27. The normalized spacial score (nSPS) is 12.9. The first-order valence-corrected chi connectivity index (χ1v) is 8.81. The van der Waals surface area contributed by atoms with Crippen LogP contribution in [0, 0.1) is 0 Å². The highest BCUT2D eigenvalue weighted by Gasteiger charge is 2.17. The van der Waals surface area contributed by atoms with E-state index >= 15 is 0 Å². The summed E-state index contributed by atoms with van der Waals surface area (Å²) < 4.78 is 12.8. The van der Waals surface area contributed by atoms with E-state index in [-0.39, 0.29) is 24.0 Å². The summed E-state index contributed by atoms with van der Waals surface area (Å²) >= 11 is 0. The van der Waals surface area contributed by atoms with Crippen molar-refractivity contribution in [3.05, 3.63) is 35.4 Å². The van der Waals surface area contributed by atoms with Crippen molar-refractivity contribution < 1.29 is 9.47 Å². The topological polar surface area (TPSA) is 85.6 Å². The maximum atomic E-state index is 5.35. The molecule has 2 aromatic rings. The molecule has 0 fully saturated rings. The van der Waals surface area contributed by atoms with Gasteiger partial charge < -0.3 is 24.7 Å². The summed E-state index contributed by atoms with van der Waals surface area (Å²) in [5.41, 5.74) is 1.17. The number of nitrogens with one attached hydrogen (secondary N) is 2. The van der Waals surface area contributed by atoms with Gasteiger partial charge in [0.1, 0.15) is 5.82 Å². The van der Waals surface area contributed by atoms with Crippen molar-refractivity contribution in [3.8, 4) is 11.5 Å². The van der Waals surface area contributed by atoms with E-state index in [0.29, 0.717) is 6.54 Å². The van der Waals surface area contributed by atoms with Crippen LogP contribution in [-0.2, 0) is 25.9 Å². The van der Waals surface area contributed by atoms with E-state index < -0.39 is 0 Å². The number of aromatic nitrogens is 3. The van der Waals surface area contributed by atoms with Crippen LogP contribution >= 0.6 is 24.0 Å². The van der Waals surface area contributed by atoms with Gasteiger partial charge in [0.05, 0.1) is 20.8 Å². The van der Waals surface area contributed by atoms with Gasteiger partial charge in [-0.1, -0.05) is 6.07 Å². The Morgan fingerprint density at radius 1 is 1.19 bits per heavy atom. The van der Waals surface area contributed by atoms with Crippen molar-refractivity contribution in [3.63, 3.8) is 0 Å². The number of fused-ring (bicyclic) bond motifs is 1. The van der Waals surface area contributed by atoms with Crippen molar-refractivity contribution in [2.24, 2.45) is 4.99 Å². The number of ether oxygens (including phenoxy) is 2. The predicted molar refractivity (Wildman–Crippen MR) is 115 cm³/mol. The lowest BCUT2D eigenvalue weighted by molar-refractivity contribution is 0.354. The summed E-state index contributed by atoms with van der Waals surface area (Å²) in [4.78, 5) is 4.27. The second kappa shape index (κ2) is 10.3. The third kappa shape index (κ3) is 5.24. The van der Waals surface area contributed by atoms with Gasteiger partial charge in [0.25, 0.3) is 0 Å². The zero-order valence-corrected chi connectivity index (χ0v) is 18.3. The van der Waals surface area contributed by atoms with Gasteiger partial charge in [-0.05, 0) is 30.5 Å². The van der Waals surface area contributed by atoms with Gasteiger partial charge >= 0.3 is 0 Å². The van der Waals surface area contributed by atoms with Crippen molar-refractivity contribution in [2.45, 2.75) is 32.4 Å². The molecule has 0 saturated heterocycles. The van der Waals surface area contributed by atoms with E-state index in [4.69, 9.17) is 9.47 Å².